The molecule has 2 unspecified atom stereocenters. The Bertz CT molecular complexity index is 175. The fraction of sp³-hybridized carbons (Fsp3) is 1.00. The van der Waals surface area contributed by atoms with Gasteiger partial charge < -0.3 is 10.5 Å². The zero-order valence-electron chi connectivity index (χ0n) is 8.59. The summed E-state index contributed by atoms with van der Waals surface area (Å²) < 4.78 is 6.02. The van der Waals surface area contributed by atoms with Crippen LogP contribution in [-0.4, -0.2) is 18.2 Å². The topological polar surface area (TPSA) is 35.2 Å². The van der Waals surface area contributed by atoms with E-state index in [-0.39, 0.29) is 5.60 Å². The molecule has 76 valence electrons. The Morgan fingerprint density at radius 3 is 2.69 bits per heavy atom. The van der Waals surface area contributed by atoms with E-state index in [2.05, 4.69) is 6.92 Å². The maximum Gasteiger partial charge on any atom is 0.0725 e. The SMILES string of the molecule is CCCC1(C2CC2)CC(N)CCO1. The van der Waals surface area contributed by atoms with Gasteiger partial charge in [-0.2, -0.15) is 0 Å². The van der Waals surface area contributed by atoms with Crippen molar-refractivity contribution in [1.82, 2.24) is 0 Å². The van der Waals surface area contributed by atoms with Gasteiger partial charge in [-0.25, -0.2) is 0 Å². The molecule has 2 fully saturated rings. The minimum atomic E-state index is 0.187. The van der Waals surface area contributed by atoms with Gasteiger partial charge in [0.2, 0.25) is 0 Å². The Morgan fingerprint density at radius 2 is 2.15 bits per heavy atom. The molecule has 1 aliphatic heterocycles. The van der Waals surface area contributed by atoms with Crippen LogP contribution in [0.5, 0.6) is 0 Å². The first kappa shape index (κ1) is 9.47. The maximum absolute atomic E-state index is 6.03. The van der Waals surface area contributed by atoms with E-state index in [4.69, 9.17) is 10.5 Å². The van der Waals surface area contributed by atoms with E-state index in [1.54, 1.807) is 0 Å². The van der Waals surface area contributed by atoms with Crippen LogP contribution in [0, 0.1) is 5.92 Å². The van der Waals surface area contributed by atoms with Crippen molar-refractivity contribution in [2.75, 3.05) is 6.61 Å². The lowest BCUT2D eigenvalue weighted by molar-refractivity contribution is -0.105. The van der Waals surface area contributed by atoms with Gasteiger partial charge in [-0.1, -0.05) is 13.3 Å². The van der Waals surface area contributed by atoms with Crippen molar-refractivity contribution in [2.24, 2.45) is 11.7 Å². The molecule has 0 bridgehead atoms. The maximum atomic E-state index is 6.03. The molecule has 0 aromatic carbocycles. The van der Waals surface area contributed by atoms with Crippen LogP contribution < -0.4 is 5.73 Å². The lowest BCUT2D eigenvalue weighted by Gasteiger charge is -2.40. The smallest absolute Gasteiger partial charge is 0.0725 e. The predicted molar refractivity (Wildman–Crippen MR) is 53.5 cm³/mol. The van der Waals surface area contributed by atoms with Crippen LogP contribution in [0.1, 0.15) is 45.4 Å². The predicted octanol–water partition coefficient (Wildman–Crippen LogP) is 2.07. The van der Waals surface area contributed by atoms with Gasteiger partial charge in [0, 0.05) is 12.6 Å². The molecule has 2 atom stereocenters. The molecule has 1 heterocycles. The summed E-state index contributed by atoms with van der Waals surface area (Å²) in [5.41, 5.74) is 6.21. The van der Waals surface area contributed by atoms with Crippen LogP contribution >= 0.6 is 0 Å². The first-order valence-corrected chi connectivity index (χ1v) is 5.66. The normalized spacial score (nSPS) is 40.6. The van der Waals surface area contributed by atoms with Crippen molar-refractivity contribution in [3.8, 4) is 0 Å². The molecular formula is C11H21NO. The van der Waals surface area contributed by atoms with Crippen LogP contribution in [0.3, 0.4) is 0 Å². The molecule has 0 spiro atoms. The molecule has 1 saturated carbocycles. The Balaban J connectivity index is 2.02. The molecule has 2 rings (SSSR count). The standard InChI is InChI=1S/C11H21NO/c1-2-6-11(9-3-4-9)8-10(12)5-7-13-11/h9-10H,2-8,12H2,1H3. The second-order valence-corrected chi connectivity index (χ2v) is 4.69. The van der Waals surface area contributed by atoms with Crippen molar-refractivity contribution < 1.29 is 4.74 Å². The Labute approximate surface area is 80.8 Å². The van der Waals surface area contributed by atoms with Crippen LogP contribution in [0.4, 0.5) is 0 Å². The average molecular weight is 183 g/mol. The number of hydrogen-bond acceptors (Lipinski definition) is 2. The number of nitrogens with two attached hydrogens (primary N) is 1. The average Bonchev–Trinajstić information content (AvgIpc) is 2.86. The molecule has 0 amide bonds. The summed E-state index contributed by atoms with van der Waals surface area (Å²) in [5.74, 6) is 0.832. The molecule has 0 aromatic heterocycles. The molecule has 2 nitrogen and oxygen atoms in total. The van der Waals surface area contributed by atoms with Crippen molar-refractivity contribution in [2.45, 2.75) is 57.1 Å². The van der Waals surface area contributed by atoms with E-state index in [1.807, 2.05) is 0 Å². The summed E-state index contributed by atoms with van der Waals surface area (Å²) in [6.07, 6.45) is 7.33. The summed E-state index contributed by atoms with van der Waals surface area (Å²) in [4.78, 5) is 0. The van der Waals surface area contributed by atoms with Crippen molar-refractivity contribution in [3.05, 3.63) is 0 Å². The quantitative estimate of drug-likeness (QED) is 0.727. The van der Waals surface area contributed by atoms with Crippen molar-refractivity contribution in [3.63, 3.8) is 0 Å². The van der Waals surface area contributed by atoms with Gasteiger partial charge in [-0.3, -0.25) is 0 Å². The van der Waals surface area contributed by atoms with E-state index in [0.29, 0.717) is 6.04 Å². The first-order valence-electron chi connectivity index (χ1n) is 5.66. The lowest BCUT2D eigenvalue weighted by atomic mass is 9.83. The third-order valence-electron chi connectivity index (χ3n) is 3.48. The molecule has 0 aromatic rings. The van der Waals surface area contributed by atoms with Crippen molar-refractivity contribution >= 4 is 0 Å². The number of ether oxygens (including phenoxy) is 1. The second-order valence-electron chi connectivity index (χ2n) is 4.69. The van der Waals surface area contributed by atoms with Gasteiger partial charge in [-0.15, -0.1) is 0 Å². The van der Waals surface area contributed by atoms with E-state index >= 15 is 0 Å². The highest BCUT2D eigenvalue weighted by Gasteiger charge is 2.47. The third-order valence-corrected chi connectivity index (χ3v) is 3.48. The second kappa shape index (κ2) is 3.58. The zero-order valence-corrected chi connectivity index (χ0v) is 8.59. The number of rotatable bonds is 3. The molecule has 2 aliphatic rings. The summed E-state index contributed by atoms with van der Waals surface area (Å²) in [6, 6.07) is 0.390. The molecule has 1 aliphatic carbocycles. The minimum Gasteiger partial charge on any atom is -0.375 e. The molecule has 1 saturated heterocycles. The molecule has 13 heavy (non-hydrogen) atoms. The van der Waals surface area contributed by atoms with Gasteiger partial charge in [0.15, 0.2) is 0 Å². The summed E-state index contributed by atoms with van der Waals surface area (Å²) >= 11 is 0. The van der Waals surface area contributed by atoms with E-state index in [0.717, 1.165) is 25.4 Å². The van der Waals surface area contributed by atoms with Gasteiger partial charge in [-0.05, 0) is 38.0 Å². The monoisotopic (exact) mass is 183 g/mol. The highest BCUT2D eigenvalue weighted by atomic mass is 16.5. The highest BCUT2D eigenvalue weighted by molar-refractivity contribution is 4.99. The molecule has 0 radical (unpaired) electrons. The Hall–Kier alpha value is -0.0800. The fourth-order valence-electron chi connectivity index (χ4n) is 2.71. The molecule has 2 N–H and O–H groups in total. The minimum absolute atomic E-state index is 0.187. The third kappa shape index (κ3) is 1.89. The van der Waals surface area contributed by atoms with Gasteiger partial charge in [0.25, 0.3) is 0 Å². The largest absolute Gasteiger partial charge is 0.375 e. The Morgan fingerprint density at radius 1 is 1.38 bits per heavy atom. The Kier molecular flexibility index (Phi) is 2.61. The summed E-state index contributed by atoms with van der Waals surface area (Å²) in [7, 11) is 0. The highest BCUT2D eigenvalue weighted by Crippen LogP contribution is 2.48. The number of hydrogen-bond donors (Lipinski definition) is 1. The van der Waals surface area contributed by atoms with E-state index in [9.17, 15) is 0 Å². The van der Waals surface area contributed by atoms with Crippen LogP contribution in [-0.2, 0) is 4.74 Å². The molecular weight excluding hydrogens is 162 g/mol. The van der Waals surface area contributed by atoms with E-state index in [1.165, 1.54) is 25.7 Å². The van der Waals surface area contributed by atoms with Gasteiger partial charge >= 0.3 is 0 Å². The van der Waals surface area contributed by atoms with Crippen LogP contribution in [0.15, 0.2) is 0 Å². The van der Waals surface area contributed by atoms with Crippen molar-refractivity contribution in [1.29, 1.82) is 0 Å². The van der Waals surface area contributed by atoms with Crippen LogP contribution in [0.25, 0.3) is 0 Å². The zero-order chi connectivity index (χ0) is 9.31. The van der Waals surface area contributed by atoms with E-state index < -0.39 is 0 Å². The van der Waals surface area contributed by atoms with Gasteiger partial charge in [0.05, 0.1) is 5.60 Å². The first-order chi connectivity index (χ1) is 6.27. The molecule has 2 heteroatoms. The lowest BCUT2D eigenvalue weighted by Crippen LogP contribution is -2.46. The summed E-state index contributed by atoms with van der Waals surface area (Å²) in [6.45, 7) is 3.13. The summed E-state index contributed by atoms with van der Waals surface area (Å²) in [5, 5.41) is 0. The van der Waals surface area contributed by atoms with Crippen LogP contribution in [0.2, 0.25) is 0 Å². The fourth-order valence-corrected chi connectivity index (χ4v) is 2.71. The van der Waals surface area contributed by atoms with Gasteiger partial charge in [0.1, 0.15) is 0 Å².